The van der Waals surface area contributed by atoms with Crippen molar-refractivity contribution < 1.29 is 19.4 Å². The molecule has 2 rings (SSSR count). The van der Waals surface area contributed by atoms with Gasteiger partial charge < -0.3 is 9.84 Å². The van der Waals surface area contributed by atoms with Crippen molar-refractivity contribution in [3.63, 3.8) is 0 Å². The van der Waals surface area contributed by atoms with Gasteiger partial charge in [-0.2, -0.15) is 0 Å². The number of carboxylic acid groups (broad SMARTS) is 1. The van der Waals surface area contributed by atoms with Crippen molar-refractivity contribution in [1.82, 2.24) is 0 Å². The number of carboxylic acids is 1. The maximum absolute atomic E-state index is 11.8. The van der Waals surface area contributed by atoms with Crippen LogP contribution in [-0.4, -0.2) is 23.7 Å². The van der Waals surface area contributed by atoms with Gasteiger partial charge in [0.25, 0.3) is 0 Å². The molecule has 0 bridgehead atoms. The minimum absolute atomic E-state index is 0.0643. The Morgan fingerprint density at radius 1 is 1.00 bits per heavy atom. The van der Waals surface area contributed by atoms with Gasteiger partial charge >= 0.3 is 11.9 Å². The zero-order chi connectivity index (χ0) is 14.5. The normalized spacial score (nSPS) is 10.1. The predicted molar refractivity (Wildman–Crippen MR) is 74.8 cm³/mol. The van der Waals surface area contributed by atoms with E-state index in [1.54, 1.807) is 19.1 Å². The van der Waals surface area contributed by atoms with Gasteiger partial charge in [0.05, 0.1) is 17.7 Å². The first-order chi connectivity index (χ1) is 9.61. The Labute approximate surface area is 116 Å². The van der Waals surface area contributed by atoms with Crippen LogP contribution in [0.4, 0.5) is 0 Å². The molecule has 0 aliphatic carbocycles. The van der Waals surface area contributed by atoms with E-state index in [1.807, 2.05) is 30.3 Å². The molecule has 20 heavy (non-hydrogen) atoms. The second-order valence-electron chi connectivity index (χ2n) is 4.19. The van der Waals surface area contributed by atoms with E-state index in [9.17, 15) is 9.59 Å². The van der Waals surface area contributed by atoms with E-state index >= 15 is 0 Å². The maximum atomic E-state index is 11.8. The van der Waals surface area contributed by atoms with Gasteiger partial charge in [-0.05, 0) is 36.2 Å². The molecule has 4 heteroatoms. The summed E-state index contributed by atoms with van der Waals surface area (Å²) in [6.45, 7) is 1.95. The first-order valence-electron chi connectivity index (χ1n) is 6.22. The number of rotatable bonds is 4. The van der Waals surface area contributed by atoms with Crippen LogP contribution in [0, 0.1) is 0 Å². The molecule has 4 nitrogen and oxygen atoms in total. The molecule has 102 valence electrons. The van der Waals surface area contributed by atoms with Crippen molar-refractivity contribution in [2.45, 2.75) is 6.92 Å². The number of esters is 1. The van der Waals surface area contributed by atoms with Crippen LogP contribution in [0.3, 0.4) is 0 Å². The van der Waals surface area contributed by atoms with Crippen molar-refractivity contribution >= 4 is 11.9 Å². The van der Waals surface area contributed by atoms with Crippen LogP contribution in [0.1, 0.15) is 27.6 Å². The highest BCUT2D eigenvalue weighted by Gasteiger charge is 2.13. The summed E-state index contributed by atoms with van der Waals surface area (Å²) in [5.74, 6) is -1.60. The van der Waals surface area contributed by atoms with E-state index in [2.05, 4.69) is 0 Å². The van der Waals surface area contributed by atoms with Crippen LogP contribution >= 0.6 is 0 Å². The first-order valence-corrected chi connectivity index (χ1v) is 6.22. The van der Waals surface area contributed by atoms with Crippen LogP contribution in [0.25, 0.3) is 11.1 Å². The number of carbonyl (C=O) groups is 2. The Bertz CT molecular complexity index is 632. The fourth-order valence-corrected chi connectivity index (χ4v) is 1.88. The van der Waals surface area contributed by atoms with E-state index in [-0.39, 0.29) is 17.7 Å². The Kier molecular flexibility index (Phi) is 4.15. The molecule has 0 radical (unpaired) electrons. The summed E-state index contributed by atoms with van der Waals surface area (Å²) >= 11 is 0. The molecule has 0 unspecified atom stereocenters. The fourth-order valence-electron chi connectivity index (χ4n) is 1.88. The molecule has 0 saturated heterocycles. The number of hydrogen-bond acceptors (Lipinski definition) is 3. The smallest absolute Gasteiger partial charge is 0.338 e. The average Bonchev–Trinajstić information content (AvgIpc) is 2.48. The van der Waals surface area contributed by atoms with Crippen LogP contribution in [0.5, 0.6) is 0 Å². The van der Waals surface area contributed by atoms with E-state index in [4.69, 9.17) is 9.84 Å². The van der Waals surface area contributed by atoms with E-state index in [0.29, 0.717) is 5.56 Å². The van der Waals surface area contributed by atoms with Gasteiger partial charge in [-0.1, -0.05) is 30.3 Å². The van der Waals surface area contributed by atoms with Crippen molar-refractivity contribution in [2.75, 3.05) is 6.61 Å². The summed E-state index contributed by atoms with van der Waals surface area (Å²) < 4.78 is 4.92. The molecule has 0 aliphatic rings. The topological polar surface area (TPSA) is 63.6 Å². The average molecular weight is 270 g/mol. The number of ether oxygens (including phenoxy) is 1. The van der Waals surface area contributed by atoms with E-state index < -0.39 is 11.9 Å². The lowest BCUT2D eigenvalue weighted by Crippen LogP contribution is -2.07. The van der Waals surface area contributed by atoms with Gasteiger partial charge in [-0.3, -0.25) is 0 Å². The fraction of sp³-hybridized carbons (Fsp3) is 0.125. The maximum Gasteiger partial charge on any atom is 0.338 e. The van der Waals surface area contributed by atoms with Crippen molar-refractivity contribution in [1.29, 1.82) is 0 Å². The van der Waals surface area contributed by atoms with Gasteiger partial charge in [-0.25, -0.2) is 9.59 Å². The van der Waals surface area contributed by atoms with Gasteiger partial charge in [0.1, 0.15) is 0 Å². The highest BCUT2D eigenvalue weighted by molar-refractivity contribution is 5.96. The number of carbonyl (C=O) groups excluding carboxylic acids is 1. The zero-order valence-electron chi connectivity index (χ0n) is 11.0. The summed E-state index contributed by atoms with van der Waals surface area (Å²) in [5, 5.41) is 9.14. The summed E-state index contributed by atoms with van der Waals surface area (Å²) in [6, 6.07) is 13.8. The SMILES string of the molecule is CCOC(=O)c1cc(C(=O)O)cc(-c2ccccc2)c1. The lowest BCUT2D eigenvalue weighted by molar-refractivity contribution is 0.0526. The molecule has 0 spiro atoms. The second-order valence-corrected chi connectivity index (χ2v) is 4.19. The second kappa shape index (κ2) is 6.02. The Morgan fingerprint density at radius 2 is 1.65 bits per heavy atom. The number of hydrogen-bond donors (Lipinski definition) is 1. The molecule has 2 aromatic rings. The Morgan fingerprint density at radius 3 is 2.25 bits per heavy atom. The van der Waals surface area contributed by atoms with Gasteiger partial charge in [0.2, 0.25) is 0 Å². The standard InChI is InChI=1S/C16H14O4/c1-2-20-16(19)14-9-12(8-13(10-14)15(17)18)11-6-4-3-5-7-11/h3-10H,2H2,1H3,(H,17,18). The summed E-state index contributed by atoms with van der Waals surface area (Å²) in [4.78, 5) is 23.0. The lowest BCUT2D eigenvalue weighted by atomic mass is 10.00. The summed E-state index contributed by atoms with van der Waals surface area (Å²) in [7, 11) is 0. The van der Waals surface area contributed by atoms with Gasteiger partial charge in [-0.15, -0.1) is 0 Å². The van der Waals surface area contributed by atoms with Crippen LogP contribution in [0.2, 0.25) is 0 Å². The van der Waals surface area contributed by atoms with Gasteiger partial charge in [0, 0.05) is 0 Å². The first kappa shape index (κ1) is 13.8. The molecular formula is C16H14O4. The zero-order valence-corrected chi connectivity index (χ0v) is 11.0. The lowest BCUT2D eigenvalue weighted by Gasteiger charge is -2.07. The summed E-state index contributed by atoms with van der Waals surface area (Å²) in [6.07, 6.45) is 0. The Balaban J connectivity index is 2.52. The van der Waals surface area contributed by atoms with Gasteiger partial charge in [0.15, 0.2) is 0 Å². The third-order valence-corrected chi connectivity index (χ3v) is 2.80. The van der Waals surface area contributed by atoms with E-state index in [1.165, 1.54) is 6.07 Å². The minimum Gasteiger partial charge on any atom is -0.478 e. The van der Waals surface area contributed by atoms with Crippen LogP contribution in [0.15, 0.2) is 48.5 Å². The molecule has 0 aromatic heterocycles. The van der Waals surface area contributed by atoms with Crippen molar-refractivity contribution in [3.05, 3.63) is 59.7 Å². The number of benzene rings is 2. The minimum atomic E-state index is -1.08. The summed E-state index contributed by atoms with van der Waals surface area (Å²) in [5.41, 5.74) is 1.83. The third kappa shape index (κ3) is 3.03. The predicted octanol–water partition coefficient (Wildman–Crippen LogP) is 3.23. The Hall–Kier alpha value is -2.62. The van der Waals surface area contributed by atoms with Crippen molar-refractivity contribution in [2.24, 2.45) is 0 Å². The molecule has 0 atom stereocenters. The molecule has 0 amide bonds. The third-order valence-electron chi connectivity index (χ3n) is 2.80. The molecule has 0 saturated carbocycles. The van der Waals surface area contributed by atoms with Crippen LogP contribution < -0.4 is 0 Å². The van der Waals surface area contributed by atoms with E-state index in [0.717, 1.165) is 5.56 Å². The molecular weight excluding hydrogens is 256 g/mol. The highest BCUT2D eigenvalue weighted by Crippen LogP contribution is 2.23. The highest BCUT2D eigenvalue weighted by atomic mass is 16.5. The number of aromatic carboxylic acids is 1. The van der Waals surface area contributed by atoms with Crippen LogP contribution in [-0.2, 0) is 4.74 Å². The molecule has 2 aromatic carbocycles. The molecule has 0 aliphatic heterocycles. The monoisotopic (exact) mass is 270 g/mol. The van der Waals surface area contributed by atoms with Crippen molar-refractivity contribution in [3.8, 4) is 11.1 Å². The molecule has 1 N–H and O–H groups in total. The quantitative estimate of drug-likeness (QED) is 0.866. The molecule has 0 fully saturated rings. The largest absolute Gasteiger partial charge is 0.478 e. The molecule has 0 heterocycles.